The monoisotopic (exact) mass is 480 g/mol. The van der Waals surface area contributed by atoms with Crippen LogP contribution in [0.3, 0.4) is 0 Å². The summed E-state index contributed by atoms with van der Waals surface area (Å²) in [6.45, 7) is 0. The normalized spacial score (nSPS) is 13.0. The molecule has 0 aliphatic carbocycles. The molecule has 0 saturated heterocycles. The Hall–Kier alpha value is -4.71. The molecule has 180 valence electrons. The molecule has 0 N–H and O–H groups in total. The highest BCUT2D eigenvalue weighted by Gasteiger charge is 2.23. The quantitative estimate of drug-likeness (QED) is 0.244. The van der Waals surface area contributed by atoms with E-state index in [9.17, 15) is 14.4 Å². The average Bonchev–Trinajstić information content (AvgIpc) is 2.94. The van der Waals surface area contributed by atoms with E-state index in [1.165, 1.54) is 0 Å². The number of hydrogen-bond acceptors (Lipinski definition) is 6. The van der Waals surface area contributed by atoms with Crippen LogP contribution < -0.4 is 14.2 Å². The molecule has 36 heavy (non-hydrogen) atoms. The molecule has 4 aromatic carbocycles. The first-order valence-electron chi connectivity index (χ1n) is 11.4. The second-order valence-corrected chi connectivity index (χ2v) is 7.90. The lowest BCUT2D eigenvalue weighted by Crippen LogP contribution is -2.16. The lowest BCUT2D eigenvalue weighted by molar-refractivity contribution is -0.114. The minimum absolute atomic E-state index is 0.452. The lowest BCUT2D eigenvalue weighted by atomic mass is 9.97. The van der Waals surface area contributed by atoms with Crippen molar-refractivity contribution >= 4 is 18.9 Å². The molecule has 0 heterocycles. The molecule has 0 spiro atoms. The van der Waals surface area contributed by atoms with E-state index in [-0.39, 0.29) is 0 Å². The van der Waals surface area contributed by atoms with Gasteiger partial charge >= 0.3 is 0 Å². The van der Waals surface area contributed by atoms with E-state index in [1.54, 1.807) is 91.0 Å². The standard InChI is InChI=1S/C30H24O6/c31-19-28(34-25-10-4-1-5-11-25)22-16-23(29(20-32)35-26-12-6-2-7-13-26)18-24(17-22)30(21-33)36-27-14-8-3-9-15-27/h1-21,28-30H. The maximum atomic E-state index is 12.1. The van der Waals surface area contributed by atoms with E-state index in [0.29, 0.717) is 52.8 Å². The molecule has 0 bridgehead atoms. The molecule has 0 aromatic heterocycles. The van der Waals surface area contributed by atoms with E-state index >= 15 is 0 Å². The predicted octanol–water partition coefficient (Wildman–Crippen LogP) is 5.64. The summed E-state index contributed by atoms with van der Waals surface area (Å²) in [4.78, 5) is 36.2. The summed E-state index contributed by atoms with van der Waals surface area (Å²) in [6, 6.07) is 31.7. The van der Waals surface area contributed by atoms with Crippen LogP contribution in [0.5, 0.6) is 17.2 Å². The van der Waals surface area contributed by atoms with Crippen molar-refractivity contribution in [1.82, 2.24) is 0 Å². The first kappa shape index (κ1) is 24.4. The van der Waals surface area contributed by atoms with Crippen LogP contribution in [-0.4, -0.2) is 18.9 Å². The van der Waals surface area contributed by atoms with E-state index in [1.807, 2.05) is 18.2 Å². The van der Waals surface area contributed by atoms with E-state index < -0.39 is 18.3 Å². The third kappa shape index (κ3) is 6.24. The molecule has 4 rings (SSSR count). The Morgan fingerprint density at radius 2 is 0.667 bits per heavy atom. The van der Waals surface area contributed by atoms with Gasteiger partial charge in [0.2, 0.25) is 0 Å². The van der Waals surface area contributed by atoms with Gasteiger partial charge in [0.05, 0.1) is 0 Å². The van der Waals surface area contributed by atoms with Crippen molar-refractivity contribution in [3.05, 3.63) is 126 Å². The molecule has 6 nitrogen and oxygen atoms in total. The van der Waals surface area contributed by atoms with Crippen LogP contribution in [0.1, 0.15) is 35.0 Å². The summed E-state index contributed by atoms with van der Waals surface area (Å²) >= 11 is 0. The zero-order valence-corrected chi connectivity index (χ0v) is 19.3. The molecule has 0 saturated carbocycles. The fourth-order valence-corrected chi connectivity index (χ4v) is 3.66. The molecule has 0 amide bonds. The topological polar surface area (TPSA) is 78.9 Å². The van der Waals surface area contributed by atoms with Gasteiger partial charge in [-0.15, -0.1) is 0 Å². The van der Waals surface area contributed by atoms with Crippen molar-refractivity contribution in [3.8, 4) is 17.2 Å². The number of benzene rings is 4. The van der Waals surface area contributed by atoms with Crippen molar-refractivity contribution in [1.29, 1.82) is 0 Å². The SMILES string of the molecule is O=CC(Oc1ccccc1)c1cc(C(C=O)Oc2ccccc2)cc(C(C=O)Oc2ccccc2)c1. The highest BCUT2D eigenvalue weighted by atomic mass is 16.5. The fourth-order valence-electron chi connectivity index (χ4n) is 3.66. The van der Waals surface area contributed by atoms with Gasteiger partial charge in [-0.25, -0.2) is 0 Å². The number of carbonyl (C=O) groups excluding carboxylic acids is 3. The molecule has 3 unspecified atom stereocenters. The number of ether oxygens (including phenoxy) is 3. The molecule has 0 radical (unpaired) electrons. The van der Waals surface area contributed by atoms with Crippen LogP contribution in [0.4, 0.5) is 0 Å². The second kappa shape index (κ2) is 12.1. The minimum Gasteiger partial charge on any atom is -0.478 e. The smallest absolute Gasteiger partial charge is 0.179 e. The van der Waals surface area contributed by atoms with Gasteiger partial charge in [-0.05, 0) is 54.6 Å². The molecule has 3 atom stereocenters. The summed E-state index contributed by atoms with van der Waals surface area (Å²) in [7, 11) is 0. The van der Waals surface area contributed by atoms with Crippen molar-refractivity contribution in [2.24, 2.45) is 0 Å². The third-order valence-corrected chi connectivity index (χ3v) is 5.38. The number of rotatable bonds is 12. The van der Waals surface area contributed by atoms with Crippen molar-refractivity contribution in [3.63, 3.8) is 0 Å². The number of aldehydes is 3. The van der Waals surface area contributed by atoms with Gasteiger partial charge in [0, 0.05) is 16.7 Å². The Bertz CT molecular complexity index is 1100. The number of para-hydroxylation sites is 3. The molecule has 0 aliphatic rings. The first-order valence-corrected chi connectivity index (χ1v) is 11.4. The summed E-state index contributed by atoms with van der Waals surface area (Å²) in [5.41, 5.74) is 1.36. The third-order valence-electron chi connectivity index (χ3n) is 5.38. The summed E-state index contributed by atoms with van der Waals surface area (Å²) in [5, 5.41) is 0. The van der Waals surface area contributed by atoms with E-state index in [4.69, 9.17) is 14.2 Å². The molecule has 0 fully saturated rings. The fraction of sp³-hybridized carbons (Fsp3) is 0.100. The summed E-state index contributed by atoms with van der Waals surface area (Å²) in [6.07, 6.45) is -0.967. The van der Waals surface area contributed by atoms with Crippen LogP contribution in [0.25, 0.3) is 0 Å². The Balaban J connectivity index is 1.74. The maximum Gasteiger partial charge on any atom is 0.179 e. The molecule has 4 aromatic rings. The van der Waals surface area contributed by atoms with Gasteiger partial charge in [-0.2, -0.15) is 0 Å². The molecule has 6 heteroatoms. The van der Waals surface area contributed by atoms with Crippen molar-refractivity contribution in [2.45, 2.75) is 18.3 Å². The second-order valence-electron chi connectivity index (χ2n) is 7.90. The highest BCUT2D eigenvalue weighted by Crippen LogP contribution is 2.30. The lowest BCUT2D eigenvalue weighted by Gasteiger charge is -2.21. The van der Waals surface area contributed by atoms with Crippen LogP contribution in [0, 0.1) is 0 Å². The highest BCUT2D eigenvalue weighted by molar-refractivity contribution is 5.67. The zero-order valence-electron chi connectivity index (χ0n) is 19.3. The Kier molecular flexibility index (Phi) is 8.22. The van der Waals surface area contributed by atoms with Crippen molar-refractivity contribution < 1.29 is 28.6 Å². The van der Waals surface area contributed by atoms with Crippen LogP contribution in [0.2, 0.25) is 0 Å². The van der Waals surface area contributed by atoms with E-state index in [2.05, 4.69) is 0 Å². The van der Waals surface area contributed by atoms with Gasteiger partial charge in [0.1, 0.15) is 17.2 Å². The summed E-state index contributed by atoms with van der Waals surface area (Å²) < 4.78 is 17.7. The molecular formula is C30H24O6. The van der Waals surface area contributed by atoms with Gasteiger partial charge < -0.3 is 14.2 Å². The van der Waals surface area contributed by atoms with Gasteiger partial charge in [0.15, 0.2) is 37.2 Å². The van der Waals surface area contributed by atoms with Crippen molar-refractivity contribution in [2.75, 3.05) is 0 Å². The number of carbonyl (C=O) groups is 3. The van der Waals surface area contributed by atoms with Gasteiger partial charge in [-0.1, -0.05) is 54.6 Å². The van der Waals surface area contributed by atoms with Crippen LogP contribution in [-0.2, 0) is 14.4 Å². The van der Waals surface area contributed by atoms with Gasteiger partial charge in [-0.3, -0.25) is 14.4 Å². The van der Waals surface area contributed by atoms with E-state index in [0.717, 1.165) is 0 Å². The Morgan fingerprint density at radius 3 is 0.889 bits per heavy atom. The number of hydrogen-bond donors (Lipinski definition) is 0. The Morgan fingerprint density at radius 1 is 0.417 bits per heavy atom. The average molecular weight is 481 g/mol. The first-order chi connectivity index (χ1) is 17.7. The summed E-state index contributed by atoms with van der Waals surface area (Å²) in [5.74, 6) is 1.50. The largest absolute Gasteiger partial charge is 0.478 e. The maximum absolute atomic E-state index is 12.1. The van der Waals surface area contributed by atoms with Gasteiger partial charge in [0.25, 0.3) is 0 Å². The minimum atomic E-state index is -0.987. The van der Waals surface area contributed by atoms with Crippen LogP contribution in [0.15, 0.2) is 109 Å². The Labute approximate surface area is 209 Å². The zero-order chi connectivity index (χ0) is 25.2. The molecule has 0 aliphatic heterocycles. The molecular weight excluding hydrogens is 456 g/mol. The predicted molar refractivity (Wildman–Crippen MR) is 134 cm³/mol. The van der Waals surface area contributed by atoms with Crippen LogP contribution >= 0.6 is 0 Å².